The monoisotopic (exact) mass is 225 g/mol. The molecule has 1 radical (unpaired) electrons. The SMILES string of the molecule is CCCC(C)C[CH2][Al][CH2]CC(C)CCC. The zero-order chi connectivity index (χ0) is 11.5. The summed E-state index contributed by atoms with van der Waals surface area (Å²) in [5, 5.41) is 3.08. The van der Waals surface area contributed by atoms with E-state index in [0.29, 0.717) is 0 Å². The van der Waals surface area contributed by atoms with Crippen molar-refractivity contribution in [3.05, 3.63) is 0 Å². The highest BCUT2D eigenvalue weighted by Crippen LogP contribution is 2.15. The molecule has 0 rings (SSSR count). The maximum Gasteiger partial charge on any atom is 0.199 e. The van der Waals surface area contributed by atoms with E-state index in [2.05, 4.69) is 27.7 Å². The summed E-state index contributed by atoms with van der Waals surface area (Å²) in [7, 11) is 0. The molecule has 0 aromatic carbocycles. The fraction of sp³-hybridized carbons (Fsp3) is 1.00. The van der Waals surface area contributed by atoms with Crippen LogP contribution in [0.25, 0.3) is 0 Å². The number of hydrogen-bond donors (Lipinski definition) is 0. The molecular weight excluding hydrogens is 195 g/mol. The molecule has 2 unspecified atom stereocenters. The zero-order valence-electron chi connectivity index (χ0n) is 11.4. The van der Waals surface area contributed by atoms with Gasteiger partial charge in [0.15, 0.2) is 15.2 Å². The van der Waals surface area contributed by atoms with Crippen LogP contribution in [0.3, 0.4) is 0 Å². The molecule has 15 heavy (non-hydrogen) atoms. The van der Waals surface area contributed by atoms with E-state index in [0.717, 1.165) is 27.1 Å². The Labute approximate surface area is 104 Å². The van der Waals surface area contributed by atoms with Gasteiger partial charge in [-0.15, -0.1) is 10.6 Å². The van der Waals surface area contributed by atoms with Crippen LogP contribution in [-0.2, 0) is 0 Å². The van der Waals surface area contributed by atoms with Gasteiger partial charge in [-0.3, -0.25) is 0 Å². The summed E-state index contributed by atoms with van der Waals surface area (Å²) in [6.07, 6.45) is 8.59. The fourth-order valence-corrected chi connectivity index (χ4v) is 4.12. The van der Waals surface area contributed by atoms with Crippen LogP contribution < -0.4 is 0 Å². The molecule has 0 fully saturated rings. The van der Waals surface area contributed by atoms with E-state index in [1.807, 2.05) is 0 Å². The van der Waals surface area contributed by atoms with Crippen LogP contribution in [0, 0.1) is 11.8 Å². The van der Waals surface area contributed by atoms with Gasteiger partial charge in [0.25, 0.3) is 0 Å². The van der Waals surface area contributed by atoms with Crippen molar-refractivity contribution in [2.45, 2.75) is 76.8 Å². The van der Waals surface area contributed by atoms with E-state index in [1.54, 1.807) is 10.6 Å². The minimum atomic E-state index is 0.759. The van der Waals surface area contributed by atoms with Crippen molar-refractivity contribution in [3.63, 3.8) is 0 Å². The molecule has 0 spiro atoms. The quantitative estimate of drug-likeness (QED) is 0.355. The first-order valence-corrected chi connectivity index (χ1v) is 8.65. The van der Waals surface area contributed by atoms with Crippen molar-refractivity contribution in [2.75, 3.05) is 0 Å². The van der Waals surface area contributed by atoms with Gasteiger partial charge in [0.1, 0.15) is 0 Å². The standard InChI is InChI=1S/2C7H15.Al/c2*1-4-6-7(3)5-2;/h2*7H,2,4-6H2,1,3H3;. The lowest BCUT2D eigenvalue weighted by atomic mass is 10.0. The molecule has 89 valence electrons. The molecule has 0 N–H and O–H groups in total. The van der Waals surface area contributed by atoms with Gasteiger partial charge < -0.3 is 0 Å². The molecule has 0 aliphatic heterocycles. The van der Waals surface area contributed by atoms with Gasteiger partial charge >= 0.3 is 0 Å². The topological polar surface area (TPSA) is 0 Å². The first-order valence-electron chi connectivity index (χ1n) is 7.02. The molecule has 0 aliphatic rings. The van der Waals surface area contributed by atoms with Gasteiger partial charge in [-0.25, -0.2) is 0 Å². The molecule has 0 aliphatic carbocycles. The zero-order valence-corrected chi connectivity index (χ0v) is 12.5. The average molecular weight is 225 g/mol. The van der Waals surface area contributed by atoms with E-state index in [1.165, 1.54) is 38.5 Å². The second-order valence-electron chi connectivity index (χ2n) is 5.23. The lowest BCUT2D eigenvalue weighted by Crippen LogP contribution is -2.00. The molecule has 0 saturated carbocycles. The van der Waals surface area contributed by atoms with Crippen molar-refractivity contribution in [1.82, 2.24) is 0 Å². The van der Waals surface area contributed by atoms with Crippen molar-refractivity contribution >= 4 is 15.2 Å². The Bertz CT molecular complexity index is 109. The summed E-state index contributed by atoms with van der Waals surface area (Å²) in [6, 6.07) is 0. The molecule has 0 bridgehead atoms. The molecule has 2 atom stereocenters. The first kappa shape index (κ1) is 15.5. The van der Waals surface area contributed by atoms with Gasteiger partial charge in [0.2, 0.25) is 0 Å². The van der Waals surface area contributed by atoms with Crippen LogP contribution in [-0.4, -0.2) is 15.2 Å². The van der Waals surface area contributed by atoms with Gasteiger partial charge in [-0.1, -0.05) is 66.2 Å². The van der Waals surface area contributed by atoms with Crippen molar-refractivity contribution < 1.29 is 0 Å². The van der Waals surface area contributed by atoms with Crippen LogP contribution in [0.4, 0.5) is 0 Å². The molecule has 0 amide bonds. The molecule has 0 aromatic rings. The minimum absolute atomic E-state index is 0.759. The normalized spacial score (nSPS) is 14.9. The second-order valence-corrected chi connectivity index (χ2v) is 6.96. The van der Waals surface area contributed by atoms with Gasteiger partial charge in [0, 0.05) is 0 Å². The smallest absolute Gasteiger partial charge is 0.104 e. The van der Waals surface area contributed by atoms with Gasteiger partial charge in [-0.05, 0) is 11.8 Å². The predicted octanol–water partition coefficient (Wildman–Crippen LogP) is 5.18. The van der Waals surface area contributed by atoms with Crippen molar-refractivity contribution in [3.8, 4) is 0 Å². The molecular formula is C14H30Al. The largest absolute Gasteiger partial charge is 0.199 e. The van der Waals surface area contributed by atoms with E-state index < -0.39 is 0 Å². The minimum Gasteiger partial charge on any atom is -0.104 e. The van der Waals surface area contributed by atoms with Crippen LogP contribution >= 0.6 is 0 Å². The van der Waals surface area contributed by atoms with Crippen molar-refractivity contribution in [1.29, 1.82) is 0 Å². The Morgan fingerprint density at radius 3 is 1.47 bits per heavy atom. The molecule has 1 heteroatoms. The Hall–Kier alpha value is 0.532. The highest BCUT2D eigenvalue weighted by Gasteiger charge is 2.03. The molecule has 0 heterocycles. The average Bonchev–Trinajstić information content (AvgIpc) is 2.18. The van der Waals surface area contributed by atoms with Crippen LogP contribution in [0.15, 0.2) is 0 Å². The van der Waals surface area contributed by atoms with E-state index in [4.69, 9.17) is 0 Å². The first-order chi connectivity index (χ1) is 7.20. The maximum absolute atomic E-state index is 2.42. The Kier molecular flexibility index (Phi) is 11.4. The fourth-order valence-electron chi connectivity index (χ4n) is 2.22. The third-order valence-electron chi connectivity index (χ3n) is 3.29. The number of hydrogen-bond acceptors (Lipinski definition) is 0. The summed E-state index contributed by atoms with van der Waals surface area (Å²) in [5.74, 6) is 1.96. The van der Waals surface area contributed by atoms with E-state index in [-0.39, 0.29) is 0 Å². The Morgan fingerprint density at radius 2 is 1.13 bits per heavy atom. The molecule has 0 aromatic heterocycles. The summed E-state index contributed by atoms with van der Waals surface area (Å²) in [6.45, 7) is 9.44. The third-order valence-corrected chi connectivity index (χ3v) is 4.77. The number of rotatable bonds is 10. The molecule has 0 nitrogen and oxygen atoms in total. The highest BCUT2D eigenvalue weighted by atomic mass is 27.1. The highest BCUT2D eigenvalue weighted by molar-refractivity contribution is 6.35. The van der Waals surface area contributed by atoms with Gasteiger partial charge in [-0.2, -0.15) is 0 Å². The van der Waals surface area contributed by atoms with Crippen molar-refractivity contribution in [2.24, 2.45) is 11.8 Å². The lowest BCUT2D eigenvalue weighted by molar-refractivity contribution is 0.500. The predicted molar refractivity (Wildman–Crippen MR) is 72.7 cm³/mol. The summed E-state index contributed by atoms with van der Waals surface area (Å²) in [4.78, 5) is 0. The summed E-state index contributed by atoms with van der Waals surface area (Å²) < 4.78 is 0. The summed E-state index contributed by atoms with van der Waals surface area (Å²) in [5.41, 5.74) is 0. The Balaban J connectivity index is 3.17. The summed E-state index contributed by atoms with van der Waals surface area (Å²) >= 11 is 0.759. The van der Waals surface area contributed by atoms with Gasteiger partial charge in [0.05, 0.1) is 0 Å². The van der Waals surface area contributed by atoms with E-state index >= 15 is 0 Å². The second kappa shape index (κ2) is 11.0. The molecule has 0 saturated heterocycles. The van der Waals surface area contributed by atoms with E-state index in [9.17, 15) is 0 Å². The third kappa shape index (κ3) is 10.8. The van der Waals surface area contributed by atoms with Crippen LogP contribution in [0.5, 0.6) is 0 Å². The lowest BCUT2D eigenvalue weighted by Gasteiger charge is -2.10. The maximum atomic E-state index is 2.42. The van der Waals surface area contributed by atoms with Crippen LogP contribution in [0.1, 0.15) is 66.2 Å². The van der Waals surface area contributed by atoms with Crippen LogP contribution in [0.2, 0.25) is 10.6 Å². The Morgan fingerprint density at radius 1 is 0.733 bits per heavy atom.